The lowest BCUT2D eigenvalue weighted by Gasteiger charge is -2.23. The molecule has 0 spiro atoms. The molecule has 1 aromatic rings. The molecule has 2 rings (SSSR count). The summed E-state index contributed by atoms with van der Waals surface area (Å²) in [5.74, 6) is 0.0379. The van der Waals surface area contributed by atoms with Crippen LogP contribution in [0.5, 0.6) is 5.75 Å². The van der Waals surface area contributed by atoms with Crippen LogP contribution in [0.3, 0.4) is 0 Å². The lowest BCUT2D eigenvalue weighted by atomic mass is 10.2. The van der Waals surface area contributed by atoms with E-state index in [-0.39, 0.29) is 23.5 Å². The van der Waals surface area contributed by atoms with Crippen molar-refractivity contribution >= 4 is 23.6 Å². The molecule has 114 valence electrons. The smallest absolute Gasteiger partial charge is 0.313 e. The fraction of sp³-hybridized carbons (Fsp3) is 0.467. The second kappa shape index (κ2) is 7.36. The molecule has 0 atom stereocenters. The number of carboxylic acid groups (broad SMARTS) is 1. The summed E-state index contributed by atoms with van der Waals surface area (Å²) in [6.45, 7) is 0.515. The van der Waals surface area contributed by atoms with Crippen LogP contribution >= 0.6 is 11.8 Å². The van der Waals surface area contributed by atoms with Crippen molar-refractivity contribution in [2.45, 2.75) is 25.4 Å². The summed E-state index contributed by atoms with van der Waals surface area (Å²) in [5, 5.41) is 8.63. The van der Waals surface area contributed by atoms with E-state index in [0.29, 0.717) is 6.54 Å². The normalized spacial score (nSPS) is 13.8. The highest BCUT2D eigenvalue weighted by atomic mass is 32.2. The van der Waals surface area contributed by atoms with Crippen LogP contribution < -0.4 is 4.74 Å². The number of ether oxygens (including phenoxy) is 1. The summed E-state index contributed by atoms with van der Waals surface area (Å²) >= 11 is 1.14. The average molecular weight is 309 g/mol. The number of amides is 1. The van der Waals surface area contributed by atoms with Gasteiger partial charge in [-0.1, -0.05) is 18.2 Å². The van der Waals surface area contributed by atoms with Crippen LogP contribution in [-0.2, 0) is 16.1 Å². The first-order valence-electron chi connectivity index (χ1n) is 6.82. The Morgan fingerprint density at radius 1 is 1.33 bits per heavy atom. The van der Waals surface area contributed by atoms with Crippen molar-refractivity contribution in [1.29, 1.82) is 0 Å². The molecule has 6 heteroatoms. The number of benzene rings is 1. The summed E-state index contributed by atoms with van der Waals surface area (Å²) in [7, 11) is 1.62. The summed E-state index contributed by atoms with van der Waals surface area (Å²) in [4.78, 5) is 24.6. The second-order valence-corrected chi connectivity index (χ2v) is 5.94. The second-order valence-electron chi connectivity index (χ2n) is 4.95. The van der Waals surface area contributed by atoms with Crippen molar-refractivity contribution in [3.8, 4) is 5.75 Å². The molecule has 0 heterocycles. The Balaban J connectivity index is 1.98. The molecule has 1 aliphatic rings. The first-order chi connectivity index (χ1) is 10.1. The number of para-hydroxylation sites is 1. The molecule has 0 aliphatic heterocycles. The minimum atomic E-state index is -0.893. The van der Waals surface area contributed by atoms with Crippen molar-refractivity contribution in [2.75, 3.05) is 18.6 Å². The third-order valence-electron chi connectivity index (χ3n) is 3.29. The zero-order valence-corrected chi connectivity index (χ0v) is 12.8. The van der Waals surface area contributed by atoms with E-state index in [1.165, 1.54) is 0 Å². The quantitative estimate of drug-likeness (QED) is 0.795. The molecule has 1 fully saturated rings. The summed E-state index contributed by atoms with van der Waals surface area (Å²) in [6.07, 6.45) is 2.04. The molecule has 21 heavy (non-hydrogen) atoms. The number of carbonyl (C=O) groups is 2. The predicted molar refractivity (Wildman–Crippen MR) is 81.5 cm³/mol. The van der Waals surface area contributed by atoms with Crippen molar-refractivity contribution < 1.29 is 19.4 Å². The maximum atomic E-state index is 12.3. The molecular formula is C15H19NO4S. The molecule has 5 nitrogen and oxygen atoms in total. The SMILES string of the molecule is COc1ccccc1CN(C(=O)CSCC(=O)O)C1CC1. The van der Waals surface area contributed by atoms with Crippen LogP contribution in [-0.4, -0.2) is 46.5 Å². The summed E-state index contributed by atoms with van der Waals surface area (Å²) in [5.41, 5.74) is 0.975. The highest BCUT2D eigenvalue weighted by Gasteiger charge is 2.32. The van der Waals surface area contributed by atoms with Gasteiger partial charge < -0.3 is 14.7 Å². The van der Waals surface area contributed by atoms with E-state index < -0.39 is 5.97 Å². The van der Waals surface area contributed by atoms with Gasteiger partial charge in [0.15, 0.2) is 0 Å². The fourth-order valence-electron chi connectivity index (χ4n) is 2.13. The maximum Gasteiger partial charge on any atom is 0.313 e. The number of aliphatic carboxylic acids is 1. The van der Waals surface area contributed by atoms with Gasteiger partial charge in [0.1, 0.15) is 5.75 Å². The molecular weight excluding hydrogens is 290 g/mol. The van der Waals surface area contributed by atoms with Crippen molar-refractivity contribution in [3.63, 3.8) is 0 Å². The van der Waals surface area contributed by atoms with E-state index >= 15 is 0 Å². The molecule has 0 unspecified atom stereocenters. The first kappa shape index (κ1) is 15.7. The minimum absolute atomic E-state index is 0.00495. The van der Waals surface area contributed by atoms with Crippen molar-refractivity contribution in [3.05, 3.63) is 29.8 Å². The Labute approximate surface area is 128 Å². The zero-order chi connectivity index (χ0) is 15.2. The summed E-state index contributed by atoms with van der Waals surface area (Å²) in [6, 6.07) is 7.93. The van der Waals surface area contributed by atoms with E-state index in [0.717, 1.165) is 35.9 Å². The van der Waals surface area contributed by atoms with Crippen LogP contribution in [0, 0.1) is 0 Å². The van der Waals surface area contributed by atoms with Gasteiger partial charge in [-0.3, -0.25) is 9.59 Å². The Bertz CT molecular complexity index is 516. The third-order valence-corrected chi connectivity index (χ3v) is 4.19. The van der Waals surface area contributed by atoms with Crippen LogP contribution in [0.15, 0.2) is 24.3 Å². The number of hydrogen-bond acceptors (Lipinski definition) is 4. The Kier molecular flexibility index (Phi) is 5.50. The van der Waals surface area contributed by atoms with Gasteiger partial charge >= 0.3 is 5.97 Å². The van der Waals surface area contributed by atoms with Gasteiger partial charge in [-0.2, -0.15) is 0 Å². The molecule has 1 saturated carbocycles. The molecule has 0 radical (unpaired) electrons. The van der Waals surface area contributed by atoms with Crippen LogP contribution in [0.1, 0.15) is 18.4 Å². The van der Waals surface area contributed by atoms with Crippen LogP contribution in [0.25, 0.3) is 0 Å². The maximum absolute atomic E-state index is 12.3. The van der Waals surface area contributed by atoms with Crippen molar-refractivity contribution in [1.82, 2.24) is 4.90 Å². The number of hydrogen-bond donors (Lipinski definition) is 1. The van der Waals surface area contributed by atoms with E-state index in [1.54, 1.807) is 7.11 Å². The van der Waals surface area contributed by atoms with E-state index in [2.05, 4.69) is 0 Å². The van der Waals surface area contributed by atoms with Gasteiger partial charge in [-0.15, -0.1) is 11.8 Å². The largest absolute Gasteiger partial charge is 0.496 e. The molecule has 1 N–H and O–H groups in total. The molecule has 1 aliphatic carbocycles. The number of methoxy groups -OCH3 is 1. The fourth-order valence-corrected chi connectivity index (χ4v) is 2.75. The molecule has 0 bridgehead atoms. The molecule has 0 aromatic heterocycles. The minimum Gasteiger partial charge on any atom is -0.496 e. The van der Waals surface area contributed by atoms with Gasteiger partial charge in [-0.25, -0.2) is 0 Å². The number of carbonyl (C=O) groups excluding carboxylic acids is 1. The van der Waals surface area contributed by atoms with Gasteiger partial charge in [0.25, 0.3) is 0 Å². The predicted octanol–water partition coefficient (Wildman–Crippen LogP) is 2.00. The van der Waals surface area contributed by atoms with E-state index in [4.69, 9.17) is 9.84 Å². The monoisotopic (exact) mass is 309 g/mol. The lowest BCUT2D eigenvalue weighted by Crippen LogP contribution is -2.34. The van der Waals surface area contributed by atoms with Crippen LogP contribution in [0.2, 0.25) is 0 Å². The number of carboxylic acids is 1. The highest BCUT2D eigenvalue weighted by Crippen LogP contribution is 2.30. The van der Waals surface area contributed by atoms with E-state index in [9.17, 15) is 9.59 Å². The standard InChI is InChI=1S/C15H19NO4S/c1-20-13-5-3-2-4-11(13)8-16(12-6-7-12)14(17)9-21-10-15(18)19/h2-5,12H,6-10H2,1H3,(H,18,19). The van der Waals surface area contributed by atoms with Gasteiger partial charge in [0.05, 0.1) is 18.6 Å². The number of thioether (sulfide) groups is 1. The number of rotatable bonds is 8. The van der Waals surface area contributed by atoms with Gasteiger partial charge in [0.2, 0.25) is 5.91 Å². The van der Waals surface area contributed by atoms with E-state index in [1.807, 2.05) is 29.2 Å². The third kappa shape index (κ3) is 4.67. The molecule has 1 aromatic carbocycles. The Morgan fingerprint density at radius 3 is 2.67 bits per heavy atom. The summed E-state index contributed by atoms with van der Waals surface area (Å²) < 4.78 is 5.32. The Hall–Kier alpha value is -1.69. The van der Waals surface area contributed by atoms with Gasteiger partial charge in [-0.05, 0) is 18.9 Å². The van der Waals surface area contributed by atoms with Crippen LogP contribution in [0.4, 0.5) is 0 Å². The topological polar surface area (TPSA) is 66.8 Å². The van der Waals surface area contributed by atoms with Crippen molar-refractivity contribution in [2.24, 2.45) is 0 Å². The van der Waals surface area contributed by atoms with Gasteiger partial charge in [0, 0.05) is 18.2 Å². The number of nitrogens with zero attached hydrogens (tertiary/aromatic N) is 1. The average Bonchev–Trinajstić information content (AvgIpc) is 3.29. The molecule has 1 amide bonds. The zero-order valence-electron chi connectivity index (χ0n) is 11.9. The first-order valence-corrected chi connectivity index (χ1v) is 7.98. The lowest BCUT2D eigenvalue weighted by molar-refractivity contribution is -0.133. The molecule has 0 saturated heterocycles. The Morgan fingerprint density at radius 2 is 2.05 bits per heavy atom. The highest BCUT2D eigenvalue weighted by molar-refractivity contribution is 8.00.